The number of nitrogens with two attached hydrogens (primary N) is 1. The molecule has 0 saturated heterocycles. The summed E-state index contributed by atoms with van der Waals surface area (Å²) in [6.07, 6.45) is 0. The highest BCUT2D eigenvalue weighted by Crippen LogP contribution is 2.31. The van der Waals surface area contributed by atoms with Crippen LogP contribution in [0.3, 0.4) is 0 Å². The van der Waals surface area contributed by atoms with Gasteiger partial charge in [0.05, 0.1) is 21.4 Å². The summed E-state index contributed by atoms with van der Waals surface area (Å²) in [6, 6.07) is 6.92. The molecule has 0 radical (unpaired) electrons. The Morgan fingerprint density at radius 3 is 2.43 bits per heavy atom. The molecule has 0 atom stereocenters. The van der Waals surface area contributed by atoms with Crippen LogP contribution in [0.2, 0.25) is 10.0 Å². The van der Waals surface area contributed by atoms with Crippen molar-refractivity contribution in [1.29, 1.82) is 0 Å². The quantitative estimate of drug-likeness (QED) is 0.695. The largest absolute Gasteiger partial charge is 0.397 e. The molecule has 1 amide bonds. The van der Waals surface area contributed by atoms with E-state index in [1.54, 1.807) is 0 Å². The molecule has 2 aromatic carbocycles. The fourth-order valence-electron chi connectivity index (χ4n) is 2.00. The van der Waals surface area contributed by atoms with E-state index in [4.69, 9.17) is 28.9 Å². The Hall–Kier alpha value is -1.23. The molecular formula is C15H13BrCl2N2O. The molecule has 0 aliphatic heterocycles. The number of rotatable bonds is 2. The van der Waals surface area contributed by atoms with Crippen molar-refractivity contribution < 1.29 is 4.79 Å². The minimum atomic E-state index is -0.298. The summed E-state index contributed by atoms with van der Waals surface area (Å²) in [7, 11) is 0. The molecule has 0 aliphatic carbocycles. The molecule has 0 spiro atoms. The normalized spacial score (nSPS) is 10.5. The molecule has 21 heavy (non-hydrogen) atoms. The topological polar surface area (TPSA) is 55.1 Å². The number of hydrogen-bond donors (Lipinski definition) is 2. The highest BCUT2D eigenvalue weighted by molar-refractivity contribution is 9.10. The molecule has 2 aromatic rings. The lowest BCUT2D eigenvalue weighted by atomic mass is 10.1. The lowest BCUT2D eigenvalue weighted by Gasteiger charge is -2.12. The number of carbonyl (C=O) groups excluding carboxylic acids is 1. The van der Waals surface area contributed by atoms with Gasteiger partial charge in [-0.1, -0.05) is 29.3 Å². The number of carbonyl (C=O) groups is 1. The fraction of sp³-hybridized carbons (Fsp3) is 0.133. The van der Waals surface area contributed by atoms with Crippen molar-refractivity contribution in [2.45, 2.75) is 13.8 Å². The third-order valence-corrected chi connectivity index (χ3v) is 4.43. The Labute approximate surface area is 141 Å². The Kier molecular flexibility index (Phi) is 4.81. The summed E-state index contributed by atoms with van der Waals surface area (Å²) in [5.74, 6) is -0.298. The Morgan fingerprint density at radius 2 is 1.86 bits per heavy atom. The van der Waals surface area contributed by atoms with Crippen LogP contribution in [0.5, 0.6) is 0 Å². The molecule has 0 unspecified atom stereocenters. The first-order chi connectivity index (χ1) is 9.79. The molecule has 0 aromatic heterocycles. The first kappa shape index (κ1) is 16.1. The second-order valence-corrected chi connectivity index (χ2v) is 6.39. The number of hydrogen-bond acceptors (Lipinski definition) is 2. The van der Waals surface area contributed by atoms with Crippen LogP contribution in [-0.2, 0) is 0 Å². The summed E-state index contributed by atoms with van der Waals surface area (Å²) in [5.41, 5.74) is 9.14. The average Bonchev–Trinajstić information content (AvgIpc) is 2.39. The fourth-order valence-corrected chi connectivity index (χ4v) is 3.11. The van der Waals surface area contributed by atoms with Crippen molar-refractivity contribution in [2.24, 2.45) is 0 Å². The van der Waals surface area contributed by atoms with Crippen LogP contribution in [-0.4, -0.2) is 5.91 Å². The minimum absolute atomic E-state index is 0.251. The molecule has 2 rings (SSSR count). The molecule has 0 aliphatic rings. The predicted octanol–water partition coefficient (Wildman–Crippen LogP) is 5.21. The van der Waals surface area contributed by atoms with Gasteiger partial charge in [-0.15, -0.1) is 0 Å². The first-order valence-corrected chi connectivity index (χ1v) is 7.67. The van der Waals surface area contributed by atoms with Crippen LogP contribution in [0.15, 0.2) is 28.7 Å². The monoisotopic (exact) mass is 386 g/mol. The van der Waals surface area contributed by atoms with Crippen molar-refractivity contribution in [3.63, 3.8) is 0 Å². The summed E-state index contributed by atoms with van der Waals surface area (Å²) in [5, 5.41) is 3.36. The number of anilines is 2. The van der Waals surface area contributed by atoms with Gasteiger partial charge < -0.3 is 11.1 Å². The number of halogens is 3. The highest BCUT2D eigenvalue weighted by atomic mass is 79.9. The van der Waals surface area contributed by atoms with Crippen molar-refractivity contribution >= 4 is 56.4 Å². The smallest absolute Gasteiger partial charge is 0.255 e. The van der Waals surface area contributed by atoms with E-state index >= 15 is 0 Å². The third-order valence-electron chi connectivity index (χ3n) is 2.99. The van der Waals surface area contributed by atoms with Crippen LogP contribution in [0.25, 0.3) is 0 Å². The van der Waals surface area contributed by atoms with Crippen LogP contribution in [0, 0.1) is 13.8 Å². The van der Waals surface area contributed by atoms with E-state index in [-0.39, 0.29) is 21.6 Å². The van der Waals surface area contributed by atoms with Gasteiger partial charge in [-0.2, -0.15) is 0 Å². The second kappa shape index (κ2) is 6.26. The van der Waals surface area contributed by atoms with Gasteiger partial charge >= 0.3 is 0 Å². The van der Waals surface area contributed by atoms with Crippen molar-refractivity contribution in [1.82, 2.24) is 0 Å². The van der Waals surface area contributed by atoms with Crippen LogP contribution < -0.4 is 11.1 Å². The van der Waals surface area contributed by atoms with Gasteiger partial charge in [0, 0.05) is 10.0 Å². The van der Waals surface area contributed by atoms with Crippen molar-refractivity contribution in [3.05, 3.63) is 55.5 Å². The molecule has 3 N–H and O–H groups in total. The van der Waals surface area contributed by atoms with E-state index < -0.39 is 0 Å². The van der Waals surface area contributed by atoms with Gasteiger partial charge in [0.25, 0.3) is 5.91 Å². The number of nitrogens with one attached hydrogen (secondary N) is 1. The van der Waals surface area contributed by atoms with E-state index in [0.717, 1.165) is 21.3 Å². The molecule has 0 saturated carbocycles. The lowest BCUT2D eigenvalue weighted by Crippen LogP contribution is -2.14. The number of amides is 1. The SMILES string of the molecule is Cc1cc(C)c(NC(=O)c2cc(N)c(Cl)c(Cl)c2)c(Br)c1. The Morgan fingerprint density at radius 1 is 1.19 bits per heavy atom. The van der Waals surface area contributed by atoms with Crippen molar-refractivity contribution in [3.8, 4) is 0 Å². The second-order valence-electron chi connectivity index (χ2n) is 4.75. The molecule has 6 heteroatoms. The first-order valence-electron chi connectivity index (χ1n) is 6.12. The van der Waals surface area contributed by atoms with E-state index in [9.17, 15) is 4.79 Å². The zero-order chi connectivity index (χ0) is 15.7. The summed E-state index contributed by atoms with van der Waals surface area (Å²) < 4.78 is 0.821. The minimum Gasteiger partial charge on any atom is -0.397 e. The van der Waals surface area contributed by atoms with Gasteiger partial charge in [-0.05, 0) is 59.1 Å². The molecule has 0 heterocycles. The average molecular weight is 388 g/mol. The Bertz CT molecular complexity index is 686. The number of benzene rings is 2. The maximum Gasteiger partial charge on any atom is 0.255 e. The van der Waals surface area contributed by atoms with Gasteiger partial charge in [0.1, 0.15) is 0 Å². The van der Waals surface area contributed by atoms with E-state index in [1.165, 1.54) is 12.1 Å². The molecule has 110 valence electrons. The third kappa shape index (κ3) is 3.51. The van der Waals surface area contributed by atoms with E-state index in [0.29, 0.717) is 5.56 Å². The maximum absolute atomic E-state index is 12.3. The zero-order valence-electron chi connectivity index (χ0n) is 11.4. The van der Waals surface area contributed by atoms with Crippen LogP contribution in [0.1, 0.15) is 21.5 Å². The van der Waals surface area contributed by atoms with Gasteiger partial charge in [-0.25, -0.2) is 0 Å². The maximum atomic E-state index is 12.3. The van der Waals surface area contributed by atoms with Gasteiger partial charge in [-0.3, -0.25) is 4.79 Å². The number of aryl methyl sites for hydroxylation is 2. The van der Waals surface area contributed by atoms with Crippen molar-refractivity contribution in [2.75, 3.05) is 11.1 Å². The van der Waals surface area contributed by atoms with Gasteiger partial charge in [0.2, 0.25) is 0 Å². The molecule has 0 fully saturated rings. The van der Waals surface area contributed by atoms with Crippen LogP contribution >= 0.6 is 39.1 Å². The predicted molar refractivity (Wildman–Crippen MR) is 92.4 cm³/mol. The highest BCUT2D eigenvalue weighted by Gasteiger charge is 2.14. The molecule has 0 bridgehead atoms. The summed E-state index contributed by atoms with van der Waals surface area (Å²) in [4.78, 5) is 12.3. The Balaban J connectivity index is 2.35. The van der Waals surface area contributed by atoms with Crippen LogP contribution in [0.4, 0.5) is 11.4 Å². The zero-order valence-corrected chi connectivity index (χ0v) is 14.5. The molecular weight excluding hydrogens is 375 g/mol. The van der Waals surface area contributed by atoms with E-state index in [1.807, 2.05) is 26.0 Å². The standard InChI is InChI=1S/C15H13BrCl2N2O/c1-7-3-8(2)14(10(16)4-7)20-15(21)9-5-11(17)13(18)12(19)6-9/h3-6H,19H2,1-2H3,(H,20,21). The lowest BCUT2D eigenvalue weighted by molar-refractivity contribution is 0.102. The van der Waals surface area contributed by atoms with E-state index in [2.05, 4.69) is 21.2 Å². The number of nitrogen functional groups attached to an aromatic ring is 1. The molecule has 3 nitrogen and oxygen atoms in total. The summed E-state index contributed by atoms with van der Waals surface area (Å²) in [6.45, 7) is 3.92. The summed E-state index contributed by atoms with van der Waals surface area (Å²) >= 11 is 15.3. The van der Waals surface area contributed by atoms with Gasteiger partial charge in [0.15, 0.2) is 0 Å².